The second-order valence-electron chi connectivity index (χ2n) is 10.0. The number of halogens is 6. The Morgan fingerprint density at radius 1 is 0.946 bits per heavy atom. The van der Waals surface area contributed by atoms with Crippen LogP contribution in [0.5, 0.6) is 0 Å². The van der Waals surface area contributed by atoms with E-state index in [0.29, 0.717) is 25.9 Å². The van der Waals surface area contributed by atoms with Crippen LogP contribution in [0, 0.1) is 20.8 Å². The van der Waals surface area contributed by atoms with Gasteiger partial charge in [-0.1, -0.05) is 48.0 Å². The Bertz CT molecular complexity index is 1090. The van der Waals surface area contributed by atoms with Crippen LogP contribution in [-0.4, -0.2) is 72.9 Å². The SMILES string of the molecule is Cc1cc(C)c(N2CCCN3C2=NC(C(F)(F)F)C3CN(CCc2ccccc2)CC(F)(F)F)c(C)c1. The molecule has 2 heterocycles. The second-order valence-corrected chi connectivity index (χ2v) is 10.0. The number of benzene rings is 2. The molecule has 0 saturated carbocycles. The van der Waals surface area contributed by atoms with Gasteiger partial charge in [-0.05, 0) is 50.3 Å². The molecule has 0 amide bonds. The highest BCUT2D eigenvalue weighted by Gasteiger charge is 2.54. The lowest BCUT2D eigenvalue weighted by atomic mass is 10.0. The molecule has 1 fully saturated rings. The number of fused-ring (bicyclic) bond motifs is 1. The van der Waals surface area contributed by atoms with E-state index in [1.807, 2.05) is 43.9 Å². The quantitative estimate of drug-likeness (QED) is 0.420. The topological polar surface area (TPSA) is 22.1 Å². The summed E-state index contributed by atoms with van der Waals surface area (Å²) >= 11 is 0. The molecule has 2 aromatic rings. The average Bonchev–Trinajstić information content (AvgIpc) is 3.16. The molecule has 4 rings (SSSR count). The van der Waals surface area contributed by atoms with E-state index in [4.69, 9.17) is 0 Å². The largest absolute Gasteiger partial charge is 0.412 e. The van der Waals surface area contributed by atoms with Gasteiger partial charge in [-0.25, -0.2) is 4.99 Å². The van der Waals surface area contributed by atoms with Crippen molar-refractivity contribution < 1.29 is 26.3 Å². The van der Waals surface area contributed by atoms with E-state index in [9.17, 15) is 26.3 Å². The number of nitrogens with zero attached hydrogens (tertiary/aromatic N) is 4. The molecule has 2 aromatic carbocycles. The number of alkyl halides is 6. The summed E-state index contributed by atoms with van der Waals surface area (Å²) in [6.07, 6.45) is -8.32. The first-order valence-corrected chi connectivity index (χ1v) is 12.4. The maximum Gasteiger partial charge on any atom is 0.412 e. The van der Waals surface area contributed by atoms with E-state index in [2.05, 4.69) is 4.99 Å². The van der Waals surface area contributed by atoms with Crippen molar-refractivity contribution in [1.82, 2.24) is 9.80 Å². The van der Waals surface area contributed by atoms with Gasteiger partial charge in [0.2, 0.25) is 5.96 Å². The number of aliphatic imine (C=N–C) groups is 1. The Morgan fingerprint density at radius 2 is 1.59 bits per heavy atom. The molecule has 0 bridgehead atoms. The van der Waals surface area contributed by atoms with Gasteiger partial charge in [-0.3, -0.25) is 4.90 Å². The van der Waals surface area contributed by atoms with Crippen LogP contribution in [0.3, 0.4) is 0 Å². The van der Waals surface area contributed by atoms with Crippen LogP contribution in [0.25, 0.3) is 0 Å². The summed E-state index contributed by atoms with van der Waals surface area (Å²) in [5.41, 5.74) is 4.55. The molecule has 0 radical (unpaired) electrons. The molecule has 0 N–H and O–H groups in total. The minimum Gasteiger partial charge on any atom is -0.336 e. The average molecular weight is 527 g/mol. The van der Waals surface area contributed by atoms with E-state index in [0.717, 1.165) is 32.8 Å². The van der Waals surface area contributed by atoms with Crippen molar-refractivity contribution in [1.29, 1.82) is 0 Å². The number of rotatable bonds is 7. The summed E-state index contributed by atoms with van der Waals surface area (Å²) in [6, 6.07) is 9.61. The maximum atomic E-state index is 14.2. The summed E-state index contributed by atoms with van der Waals surface area (Å²) in [7, 11) is 0. The fourth-order valence-corrected chi connectivity index (χ4v) is 5.58. The molecule has 2 unspecified atom stereocenters. The number of anilines is 1. The Balaban J connectivity index is 1.63. The maximum absolute atomic E-state index is 14.2. The van der Waals surface area contributed by atoms with Crippen molar-refractivity contribution >= 4 is 11.6 Å². The predicted molar refractivity (Wildman–Crippen MR) is 133 cm³/mol. The molecule has 202 valence electrons. The third-order valence-corrected chi connectivity index (χ3v) is 6.95. The lowest BCUT2D eigenvalue weighted by Gasteiger charge is -2.42. The summed E-state index contributed by atoms with van der Waals surface area (Å²) in [5.74, 6) is 0.198. The highest BCUT2D eigenvalue weighted by Crippen LogP contribution is 2.38. The van der Waals surface area contributed by atoms with Gasteiger partial charge in [0.1, 0.15) is 0 Å². The van der Waals surface area contributed by atoms with E-state index in [1.54, 1.807) is 29.2 Å². The highest BCUT2D eigenvalue weighted by atomic mass is 19.4. The Labute approximate surface area is 213 Å². The third kappa shape index (κ3) is 6.40. The minimum atomic E-state index is -4.68. The van der Waals surface area contributed by atoms with Gasteiger partial charge in [-0.2, -0.15) is 26.3 Å². The zero-order valence-electron chi connectivity index (χ0n) is 21.2. The molecule has 1 saturated heterocycles. The first-order valence-electron chi connectivity index (χ1n) is 12.4. The minimum absolute atomic E-state index is 0.00628. The van der Waals surface area contributed by atoms with Gasteiger partial charge in [-0.15, -0.1) is 0 Å². The predicted octanol–water partition coefficient (Wildman–Crippen LogP) is 5.90. The normalized spacial score (nSPS) is 20.4. The Kier molecular flexibility index (Phi) is 7.78. The number of aryl methyl sites for hydroxylation is 3. The third-order valence-electron chi connectivity index (χ3n) is 6.95. The molecule has 0 aromatic heterocycles. The summed E-state index contributed by atoms with van der Waals surface area (Å²) in [4.78, 5) is 8.61. The van der Waals surface area contributed by atoms with Gasteiger partial charge >= 0.3 is 12.4 Å². The standard InChI is InChI=1S/C27H32F6N4/c1-18-14-19(2)23(20(3)15-18)37-12-7-11-36-22(24(27(31,32)33)34-25(36)37)16-35(17-26(28,29)30)13-10-21-8-5-4-6-9-21/h4-6,8-9,14-15,22,24H,7,10-13,16-17H2,1-3H3. The van der Waals surface area contributed by atoms with Crippen LogP contribution in [0.1, 0.15) is 28.7 Å². The Hall–Kier alpha value is -2.75. The molecular weight excluding hydrogens is 494 g/mol. The fourth-order valence-electron chi connectivity index (χ4n) is 5.58. The highest BCUT2D eigenvalue weighted by molar-refractivity contribution is 5.99. The van der Waals surface area contributed by atoms with Crippen LogP contribution in [0.2, 0.25) is 0 Å². The molecule has 0 spiro atoms. The summed E-state index contributed by atoms with van der Waals surface area (Å²) in [6.45, 7) is 4.93. The van der Waals surface area contributed by atoms with Crippen LogP contribution < -0.4 is 4.90 Å². The van der Waals surface area contributed by atoms with Crippen LogP contribution in [0.4, 0.5) is 32.0 Å². The van der Waals surface area contributed by atoms with E-state index < -0.39 is 31.0 Å². The molecule has 2 aliphatic rings. The van der Waals surface area contributed by atoms with E-state index in [1.165, 1.54) is 0 Å². The van der Waals surface area contributed by atoms with Crippen molar-refractivity contribution in [3.63, 3.8) is 0 Å². The molecule has 10 heteroatoms. The summed E-state index contributed by atoms with van der Waals surface area (Å²) in [5, 5.41) is 0. The van der Waals surface area contributed by atoms with Gasteiger partial charge < -0.3 is 9.80 Å². The molecule has 2 atom stereocenters. The van der Waals surface area contributed by atoms with E-state index >= 15 is 0 Å². The fraction of sp³-hybridized carbons (Fsp3) is 0.519. The van der Waals surface area contributed by atoms with Crippen molar-refractivity contribution in [3.8, 4) is 0 Å². The van der Waals surface area contributed by atoms with Gasteiger partial charge in [0, 0.05) is 31.9 Å². The van der Waals surface area contributed by atoms with Crippen molar-refractivity contribution in [2.45, 2.75) is 58.0 Å². The monoisotopic (exact) mass is 526 g/mol. The van der Waals surface area contributed by atoms with Crippen LogP contribution in [-0.2, 0) is 6.42 Å². The first-order chi connectivity index (χ1) is 17.3. The van der Waals surface area contributed by atoms with Crippen LogP contribution in [0.15, 0.2) is 47.5 Å². The lowest BCUT2D eigenvalue weighted by molar-refractivity contribution is -0.162. The zero-order valence-corrected chi connectivity index (χ0v) is 21.2. The molecule has 37 heavy (non-hydrogen) atoms. The number of hydrogen-bond donors (Lipinski definition) is 0. The number of hydrogen-bond acceptors (Lipinski definition) is 4. The zero-order chi connectivity index (χ0) is 27.0. The smallest absolute Gasteiger partial charge is 0.336 e. The molecule has 0 aliphatic carbocycles. The number of guanidine groups is 1. The first kappa shape index (κ1) is 27.3. The van der Waals surface area contributed by atoms with Crippen molar-refractivity contribution in [2.24, 2.45) is 4.99 Å². The van der Waals surface area contributed by atoms with Crippen molar-refractivity contribution in [3.05, 3.63) is 64.7 Å². The lowest BCUT2D eigenvalue weighted by Crippen LogP contribution is -2.57. The molecule has 2 aliphatic heterocycles. The van der Waals surface area contributed by atoms with Crippen molar-refractivity contribution in [2.75, 3.05) is 37.6 Å². The molecule has 4 nitrogen and oxygen atoms in total. The van der Waals surface area contributed by atoms with Gasteiger partial charge in [0.25, 0.3) is 0 Å². The molecular formula is C27H32F6N4. The van der Waals surface area contributed by atoms with Gasteiger partial charge in [0.15, 0.2) is 6.04 Å². The Morgan fingerprint density at radius 3 is 2.19 bits per heavy atom. The summed E-state index contributed by atoms with van der Waals surface area (Å²) < 4.78 is 83.1. The van der Waals surface area contributed by atoms with Crippen LogP contribution >= 0.6 is 0 Å². The second kappa shape index (κ2) is 10.6. The van der Waals surface area contributed by atoms with Gasteiger partial charge in [0.05, 0.1) is 12.6 Å². The van der Waals surface area contributed by atoms with E-state index in [-0.39, 0.29) is 19.0 Å².